The van der Waals surface area contributed by atoms with Crippen LogP contribution in [0.4, 0.5) is 4.79 Å². The fraction of sp³-hybridized carbons (Fsp3) is 0.556. The highest BCUT2D eigenvalue weighted by molar-refractivity contribution is 5.82. The fourth-order valence-electron chi connectivity index (χ4n) is 2.57. The zero-order valence-electron chi connectivity index (χ0n) is 14.4. The molecule has 1 fully saturated rings. The third kappa shape index (κ3) is 5.23. The Morgan fingerprint density at radius 2 is 1.88 bits per heavy atom. The molecule has 1 amide bonds. The topological polar surface area (TPSA) is 76.1 Å². The molecule has 0 spiro atoms. The van der Waals surface area contributed by atoms with Crippen molar-refractivity contribution >= 4 is 12.1 Å². The number of β-amino-alcohol motifs (C(OH)–C–C–N with tert-alkyl or cyclic N) is 1. The molecule has 1 aliphatic heterocycles. The van der Waals surface area contributed by atoms with Gasteiger partial charge in [0.15, 0.2) is 0 Å². The number of aliphatic hydroxyl groups excluding tert-OH is 1. The van der Waals surface area contributed by atoms with E-state index in [9.17, 15) is 14.7 Å². The Labute approximate surface area is 142 Å². The Hall–Kier alpha value is -2.08. The lowest BCUT2D eigenvalue weighted by Gasteiger charge is -2.36. The zero-order valence-corrected chi connectivity index (χ0v) is 14.4. The molecule has 0 aliphatic carbocycles. The molecule has 0 bridgehead atoms. The van der Waals surface area contributed by atoms with E-state index in [-0.39, 0.29) is 13.2 Å². The van der Waals surface area contributed by atoms with Crippen molar-refractivity contribution in [2.24, 2.45) is 0 Å². The van der Waals surface area contributed by atoms with Gasteiger partial charge in [-0.3, -0.25) is 4.90 Å². The standard InChI is InChI=1S/C18H25NO5/c1-18(2,3)24-16(21)15-10-9-14(20)11-19(15)17(22)23-12-13-7-5-4-6-8-13/h4-8,14-15,20H,9-12H2,1-3H3/t14-,15+/m0/s1. The molecule has 0 unspecified atom stereocenters. The first-order chi connectivity index (χ1) is 11.3. The summed E-state index contributed by atoms with van der Waals surface area (Å²) in [6.45, 7) is 5.52. The van der Waals surface area contributed by atoms with Crippen molar-refractivity contribution < 1.29 is 24.2 Å². The van der Waals surface area contributed by atoms with Crippen LogP contribution >= 0.6 is 0 Å². The van der Waals surface area contributed by atoms with Crippen LogP contribution in [0.5, 0.6) is 0 Å². The molecule has 0 aromatic heterocycles. The highest BCUT2D eigenvalue weighted by Crippen LogP contribution is 2.22. The molecule has 6 nitrogen and oxygen atoms in total. The van der Waals surface area contributed by atoms with E-state index < -0.39 is 29.8 Å². The molecular weight excluding hydrogens is 310 g/mol. The summed E-state index contributed by atoms with van der Waals surface area (Å²) in [5, 5.41) is 9.84. The second-order valence-corrected chi connectivity index (χ2v) is 6.97. The summed E-state index contributed by atoms with van der Waals surface area (Å²) in [4.78, 5) is 26.0. The average molecular weight is 335 g/mol. The number of piperidine rings is 1. The van der Waals surface area contributed by atoms with Crippen LogP contribution in [0.2, 0.25) is 0 Å². The second kappa shape index (κ2) is 7.66. The van der Waals surface area contributed by atoms with E-state index in [4.69, 9.17) is 9.47 Å². The van der Waals surface area contributed by atoms with Crippen LogP contribution in [0.15, 0.2) is 30.3 Å². The van der Waals surface area contributed by atoms with Gasteiger partial charge < -0.3 is 14.6 Å². The third-order valence-corrected chi connectivity index (χ3v) is 3.68. The number of hydrogen-bond acceptors (Lipinski definition) is 5. The van der Waals surface area contributed by atoms with Crippen molar-refractivity contribution in [3.8, 4) is 0 Å². The van der Waals surface area contributed by atoms with Gasteiger partial charge in [0.25, 0.3) is 0 Å². The minimum Gasteiger partial charge on any atom is -0.458 e. The molecule has 1 aliphatic rings. The van der Waals surface area contributed by atoms with Crippen LogP contribution in [-0.4, -0.2) is 46.4 Å². The number of esters is 1. The molecule has 0 radical (unpaired) electrons. The lowest BCUT2D eigenvalue weighted by atomic mass is 10.0. The maximum atomic E-state index is 12.4. The number of nitrogens with zero attached hydrogens (tertiary/aromatic N) is 1. The Kier molecular flexibility index (Phi) is 5.83. The van der Waals surface area contributed by atoms with Gasteiger partial charge in [0, 0.05) is 0 Å². The van der Waals surface area contributed by atoms with Gasteiger partial charge in [-0.2, -0.15) is 0 Å². The zero-order chi connectivity index (χ0) is 17.7. The summed E-state index contributed by atoms with van der Waals surface area (Å²) < 4.78 is 10.7. The van der Waals surface area contributed by atoms with E-state index in [0.717, 1.165) is 5.56 Å². The molecular formula is C18H25NO5. The molecule has 2 atom stereocenters. The molecule has 1 heterocycles. The molecule has 1 N–H and O–H groups in total. The van der Waals surface area contributed by atoms with Gasteiger partial charge in [0.1, 0.15) is 18.2 Å². The predicted molar refractivity (Wildman–Crippen MR) is 88.2 cm³/mol. The Balaban J connectivity index is 2.02. The quantitative estimate of drug-likeness (QED) is 0.859. The average Bonchev–Trinajstić information content (AvgIpc) is 2.51. The van der Waals surface area contributed by atoms with Crippen LogP contribution in [0.25, 0.3) is 0 Å². The molecule has 0 saturated carbocycles. The van der Waals surface area contributed by atoms with Crippen LogP contribution in [0.1, 0.15) is 39.2 Å². The normalized spacial score (nSPS) is 21.2. The number of ether oxygens (including phenoxy) is 2. The second-order valence-electron chi connectivity index (χ2n) is 6.97. The summed E-state index contributed by atoms with van der Waals surface area (Å²) in [5.74, 6) is -0.467. The van der Waals surface area contributed by atoms with Gasteiger partial charge >= 0.3 is 12.1 Å². The number of carbonyl (C=O) groups excluding carboxylic acids is 2. The van der Waals surface area contributed by atoms with E-state index in [1.165, 1.54) is 4.90 Å². The number of carbonyl (C=O) groups is 2. The van der Waals surface area contributed by atoms with Crippen LogP contribution in [-0.2, 0) is 20.9 Å². The van der Waals surface area contributed by atoms with Gasteiger partial charge in [-0.25, -0.2) is 9.59 Å². The summed E-state index contributed by atoms with van der Waals surface area (Å²) in [5.41, 5.74) is 0.226. The van der Waals surface area contributed by atoms with Crippen molar-refractivity contribution in [2.75, 3.05) is 6.54 Å². The SMILES string of the molecule is CC(C)(C)OC(=O)[C@H]1CC[C@H](O)CN1C(=O)OCc1ccccc1. The number of aliphatic hydroxyl groups is 1. The number of rotatable bonds is 3. The number of amides is 1. The Morgan fingerprint density at radius 1 is 1.21 bits per heavy atom. The van der Waals surface area contributed by atoms with Gasteiger partial charge in [0.2, 0.25) is 0 Å². The number of likely N-dealkylation sites (tertiary alicyclic amines) is 1. The highest BCUT2D eigenvalue weighted by Gasteiger charge is 2.38. The molecule has 1 aromatic carbocycles. The molecule has 6 heteroatoms. The van der Waals surface area contributed by atoms with Gasteiger partial charge in [-0.1, -0.05) is 30.3 Å². The Morgan fingerprint density at radius 3 is 2.50 bits per heavy atom. The van der Waals surface area contributed by atoms with E-state index in [1.807, 2.05) is 30.3 Å². The van der Waals surface area contributed by atoms with Crippen LogP contribution < -0.4 is 0 Å². The first-order valence-electron chi connectivity index (χ1n) is 8.14. The van der Waals surface area contributed by atoms with Crippen molar-refractivity contribution in [2.45, 2.75) is 58.0 Å². The van der Waals surface area contributed by atoms with E-state index in [1.54, 1.807) is 20.8 Å². The van der Waals surface area contributed by atoms with Crippen molar-refractivity contribution in [1.29, 1.82) is 0 Å². The molecule has 2 rings (SSSR count). The van der Waals surface area contributed by atoms with Crippen molar-refractivity contribution in [1.82, 2.24) is 4.90 Å². The molecule has 132 valence electrons. The highest BCUT2D eigenvalue weighted by atomic mass is 16.6. The Bertz CT molecular complexity index is 567. The number of benzene rings is 1. The largest absolute Gasteiger partial charge is 0.458 e. The van der Waals surface area contributed by atoms with Gasteiger partial charge in [0.05, 0.1) is 12.6 Å². The maximum absolute atomic E-state index is 12.4. The molecule has 1 aromatic rings. The van der Waals surface area contributed by atoms with E-state index in [2.05, 4.69) is 0 Å². The predicted octanol–water partition coefficient (Wildman–Crippen LogP) is 2.49. The summed E-state index contributed by atoms with van der Waals surface area (Å²) >= 11 is 0. The van der Waals surface area contributed by atoms with Crippen molar-refractivity contribution in [3.63, 3.8) is 0 Å². The third-order valence-electron chi connectivity index (χ3n) is 3.68. The molecule has 24 heavy (non-hydrogen) atoms. The van der Waals surface area contributed by atoms with Gasteiger partial charge in [-0.15, -0.1) is 0 Å². The van der Waals surface area contributed by atoms with E-state index in [0.29, 0.717) is 12.8 Å². The smallest absolute Gasteiger partial charge is 0.410 e. The maximum Gasteiger partial charge on any atom is 0.410 e. The van der Waals surface area contributed by atoms with Crippen LogP contribution in [0, 0.1) is 0 Å². The van der Waals surface area contributed by atoms with Crippen LogP contribution in [0.3, 0.4) is 0 Å². The lowest BCUT2D eigenvalue weighted by Crippen LogP contribution is -2.53. The molecule has 1 saturated heterocycles. The minimum atomic E-state index is -0.726. The monoisotopic (exact) mass is 335 g/mol. The summed E-state index contributed by atoms with van der Waals surface area (Å²) in [6.07, 6.45) is -0.468. The number of hydrogen-bond donors (Lipinski definition) is 1. The van der Waals surface area contributed by atoms with Crippen molar-refractivity contribution in [3.05, 3.63) is 35.9 Å². The van der Waals surface area contributed by atoms with Gasteiger partial charge in [-0.05, 0) is 39.2 Å². The summed E-state index contributed by atoms with van der Waals surface area (Å²) in [7, 11) is 0. The summed E-state index contributed by atoms with van der Waals surface area (Å²) in [6, 6.07) is 8.57. The lowest BCUT2D eigenvalue weighted by molar-refractivity contribution is -0.163. The first-order valence-corrected chi connectivity index (χ1v) is 8.14. The minimum absolute atomic E-state index is 0.0670. The van der Waals surface area contributed by atoms with E-state index >= 15 is 0 Å². The fourth-order valence-corrected chi connectivity index (χ4v) is 2.57. The first kappa shape index (κ1) is 18.3.